The minimum atomic E-state index is -1.26. The molecule has 0 aromatic heterocycles. The van der Waals surface area contributed by atoms with Crippen molar-refractivity contribution in [1.29, 1.82) is 0 Å². The largest absolute Gasteiger partial charge is 0.478 e. The first kappa shape index (κ1) is 23.0. The smallest absolute Gasteiger partial charge is 0.328 e. The lowest BCUT2D eigenvalue weighted by molar-refractivity contribution is -0.134. The van der Waals surface area contributed by atoms with Gasteiger partial charge in [0.15, 0.2) is 0 Å². The topological polar surface area (TPSA) is 86.6 Å². The van der Waals surface area contributed by atoms with Gasteiger partial charge in [-0.25, -0.2) is 9.59 Å². The van der Waals surface area contributed by atoms with Crippen molar-refractivity contribution in [2.75, 3.05) is 0 Å². The highest BCUT2D eigenvalue weighted by Crippen LogP contribution is 2.36. The number of hydrogen-bond donors (Lipinski definition) is 3. The molecule has 29 heavy (non-hydrogen) atoms. The number of nitrogens with one attached hydrogen (secondary N) is 1. The summed E-state index contributed by atoms with van der Waals surface area (Å²) < 4.78 is 0. The minimum Gasteiger partial charge on any atom is -0.478 e. The van der Waals surface area contributed by atoms with E-state index in [-0.39, 0.29) is 0 Å². The molecule has 1 saturated heterocycles. The van der Waals surface area contributed by atoms with Crippen LogP contribution in [0, 0.1) is 0 Å². The molecule has 1 aliphatic rings. The second-order valence-corrected chi connectivity index (χ2v) is 8.52. The van der Waals surface area contributed by atoms with E-state index in [0.717, 1.165) is 11.4 Å². The maximum Gasteiger partial charge on any atom is 0.328 e. The number of hydrogen-bond acceptors (Lipinski definition) is 4. The van der Waals surface area contributed by atoms with Gasteiger partial charge in [-0.15, -0.1) is 11.8 Å². The van der Waals surface area contributed by atoms with Crippen molar-refractivity contribution >= 4 is 35.3 Å². The maximum absolute atomic E-state index is 9.55. The molecule has 3 N–H and O–H groups in total. The third-order valence-electron chi connectivity index (χ3n) is 4.27. The van der Waals surface area contributed by atoms with Crippen LogP contribution in [0.15, 0.2) is 71.6 Å². The molecule has 7 heteroatoms. The normalized spacial score (nSPS) is 21.2. The Morgan fingerprint density at radius 2 is 1.69 bits per heavy atom. The molecule has 0 spiro atoms. The molecule has 0 radical (unpaired) electrons. The molecule has 154 valence electrons. The van der Waals surface area contributed by atoms with Crippen molar-refractivity contribution in [3.8, 4) is 0 Å². The van der Waals surface area contributed by atoms with Crippen LogP contribution in [0.5, 0.6) is 0 Å². The lowest BCUT2D eigenvalue weighted by atomic mass is 9.94. The number of carbonyl (C=O) groups is 2. The van der Waals surface area contributed by atoms with Crippen LogP contribution in [0.4, 0.5) is 0 Å². The Kier molecular flexibility index (Phi) is 9.25. The molecule has 2 aromatic carbocycles. The van der Waals surface area contributed by atoms with Gasteiger partial charge in [-0.3, -0.25) is 0 Å². The third kappa shape index (κ3) is 8.73. The Balaban J connectivity index is 0.000000321. The van der Waals surface area contributed by atoms with Gasteiger partial charge in [-0.1, -0.05) is 41.9 Å². The summed E-state index contributed by atoms with van der Waals surface area (Å²) in [5.41, 5.74) is 1.30. The fourth-order valence-electron chi connectivity index (χ4n) is 3.12. The molecule has 0 aliphatic carbocycles. The van der Waals surface area contributed by atoms with Gasteiger partial charge in [-0.05, 0) is 49.6 Å². The predicted molar refractivity (Wildman–Crippen MR) is 117 cm³/mol. The average molecular weight is 434 g/mol. The van der Waals surface area contributed by atoms with Gasteiger partial charge in [-0.2, -0.15) is 0 Å². The molecule has 5 nitrogen and oxygen atoms in total. The van der Waals surface area contributed by atoms with Gasteiger partial charge >= 0.3 is 11.9 Å². The molecule has 1 aliphatic heterocycles. The highest BCUT2D eigenvalue weighted by Gasteiger charge is 2.27. The Morgan fingerprint density at radius 3 is 2.28 bits per heavy atom. The summed E-state index contributed by atoms with van der Waals surface area (Å²) in [6.07, 6.45) is 3.46. The number of carboxylic acid groups (broad SMARTS) is 2. The zero-order valence-corrected chi connectivity index (χ0v) is 17.6. The lowest BCUT2D eigenvalue weighted by Gasteiger charge is -2.35. The van der Waals surface area contributed by atoms with Gasteiger partial charge in [0, 0.05) is 39.4 Å². The number of piperidine rings is 1. The molecule has 3 rings (SSSR count). The molecule has 0 unspecified atom stereocenters. The number of carboxylic acids is 2. The van der Waals surface area contributed by atoms with Crippen molar-refractivity contribution in [2.24, 2.45) is 0 Å². The Morgan fingerprint density at radius 1 is 1.03 bits per heavy atom. The summed E-state index contributed by atoms with van der Waals surface area (Å²) in [6, 6.07) is 19.9. The molecular formula is C22H24ClNO4S. The molecule has 0 saturated carbocycles. The Bertz CT molecular complexity index is 828. The number of aliphatic carboxylic acids is 2. The first-order valence-electron chi connectivity index (χ1n) is 9.20. The highest BCUT2D eigenvalue weighted by molar-refractivity contribution is 8.00. The van der Waals surface area contributed by atoms with Crippen molar-refractivity contribution < 1.29 is 19.8 Å². The van der Waals surface area contributed by atoms with E-state index < -0.39 is 11.9 Å². The Labute approximate surface area is 179 Å². The number of rotatable bonds is 5. The van der Waals surface area contributed by atoms with Crippen molar-refractivity contribution in [3.63, 3.8) is 0 Å². The summed E-state index contributed by atoms with van der Waals surface area (Å²) in [7, 11) is 0. The average Bonchev–Trinajstić information content (AvgIpc) is 2.67. The zero-order chi connectivity index (χ0) is 21.2. The number of halogens is 1. The van der Waals surface area contributed by atoms with Crippen molar-refractivity contribution in [2.45, 2.75) is 42.0 Å². The van der Waals surface area contributed by atoms with Crippen LogP contribution in [-0.2, 0) is 9.59 Å². The van der Waals surface area contributed by atoms with Crippen LogP contribution in [0.25, 0.3) is 0 Å². The van der Waals surface area contributed by atoms with Crippen molar-refractivity contribution in [1.82, 2.24) is 5.32 Å². The van der Waals surface area contributed by atoms with E-state index in [1.807, 2.05) is 23.9 Å². The summed E-state index contributed by atoms with van der Waals surface area (Å²) in [5.74, 6) is -2.51. The maximum atomic E-state index is 9.55. The molecule has 3 atom stereocenters. The van der Waals surface area contributed by atoms with E-state index in [9.17, 15) is 9.59 Å². The molecule has 0 amide bonds. The van der Waals surface area contributed by atoms with Gasteiger partial charge in [0.05, 0.1) is 0 Å². The summed E-state index contributed by atoms with van der Waals surface area (Å²) in [5, 5.41) is 20.8. The number of benzene rings is 2. The van der Waals surface area contributed by atoms with Crippen LogP contribution >= 0.6 is 23.4 Å². The molecular weight excluding hydrogens is 410 g/mol. The molecule has 0 bridgehead atoms. The summed E-state index contributed by atoms with van der Waals surface area (Å²) in [6.45, 7) is 2.27. The van der Waals surface area contributed by atoms with Gasteiger partial charge in [0.2, 0.25) is 0 Å². The van der Waals surface area contributed by atoms with E-state index >= 15 is 0 Å². The minimum absolute atomic E-state index is 0.397. The second-order valence-electron chi connectivity index (χ2n) is 6.71. The second kappa shape index (κ2) is 11.7. The Hall–Kier alpha value is -2.28. The van der Waals surface area contributed by atoms with E-state index in [1.165, 1.54) is 16.9 Å². The van der Waals surface area contributed by atoms with Crippen LogP contribution in [-0.4, -0.2) is 33.4 Å². The fraction of sp³-hybridized carbons (Fsp3) is 0.273. The monoisotopic (exact) mass is 433 g/mol. The molecule has 1 heterocycles. The SMILES string of the molecule is C[C@@H]1C[C@H](Sc2ccccc2)C[C@H](c2cccc(Cl)c2)N1.O=C(O)/C=C/C(=O)O. The van der Waals surface area contributed by atoms with Gasteiger partial charge < -0.3 is 15.5 Å². The molecule has 2 aromatic rings. The predicted octanol–water partition coefficient (Wildman–Crippen LogP) is 5.03. The van der Waals surface area contributed by atoms with E-state index in [1.54, 1.807) is 0 Å². The van der Waals surface area contributed by atoms with E-state index in [4.69, 9.17) is 21.8 Å². The lowest BCUT2D eigenvalue weighted by Crippen LogP contribution is -2.39. The fourth-order valence-corrected chi connectivity index (χ4v) is 4.69. The quantitative estimate of drug-likeness (QED) is 0.573. The summed E-state index contributed by atoms with van der Waals surface area (Å²) >= 11 is 8.13. The third-order valence-corrected chi connectivity index (χ3v) is 5.76. The van der Waals surface area contributed by atoms with Crippen LogP contribution in [0.1, 0.15) is 31.4 Å². The zero-order valence-electron chi connectivity index (χ0n) is 16.0. The van der Waals surface area contributed by atoms with Gasteiger partial charge in [0.25, 0.3) is 0 Å². The standard InChI is InChI=1S/C18H20ClNS.C4H4O4/c1-13-10-17(21-16-8-3-2-4-9-16)12-18(20-13)14-6-5-7-15(19)11-14;5-3(6)1-2-4(7)8/h2-9,11,13,17-18,20H,10,12H2,1H3;1-2H,(H,5,6)(H,7,8)/b;2-1+/t13-,17+,18-;/m1./s1. The first-order chi connectivity index (χ1) is 13.8. The first-order valence-corrected chi connectivity index (χ1v) is 10.5. The van der Waals surface area contributed by atoms with Crippen LogP contribution in [0.3, 0.4) is 0 Å². The van der Waals surface area contributed by atoms with Crippen molar-refractivity contribution in [3.05, 3.63) is 77.3 Å². The highest BCUT2D eigenvalue weighted by atomic mass is 35.5. The number of thioether (sulfide) groups is 1. The van der Waals surface area contributed by atoms with E-state index in [0.29, 0.717) is 29.5 Å². The van der Waals surface area contributed by atoms with Crippen LogP contribution < -0.4 is 5.32 Å². The van der Waals surface area contributed by atoms with E-state index in [2.05, 4.69) is 54.7 Å². The van der Waals surface area contributed by atoms with Gasteiger partial charge in [0.1, 0.15) is 0 Å². The summed E-state index contributed by atoms with van der Waals surface area (Å²) in [4.78, 5) is 20.5. The van der Waals surface area contributed by atoms with Crippen LogP contribution in [0.2, 0.25) is 5.02 Å². The molecule has 1 fully saturated rings.